The lowest BCUT2D eigenvalue weighted by atomic mass is 9.85. The predicted octanol–water partition coefficient (Wildman–Crippen LogP) is 2.66. The maximum Gasteiger partial charge on any atom is 0.229 e. The third-order valence-electron chi connectivity index (χ3n) is 4.70. The molecule has 1 aliphatic heterocycles. The molecule has 0 aliphatic carbocycles. The van der Waals surface area contributed by atoms with Crippen LogP contribution in [0.25, 0.3) is 0 Å². The largest absolute Gasteiger partial charge is 0.326 e. The molecule has 0 bridgehead atoms. The van der Waals surface area contributed by atoms with Crippen molar-refractivity contribution in [3.05, 3.63) is 47.8 Å². The van der Waals surface area contributed by atoms with Crippen molar-refractivity contribution in [3.63, 3.8) is 0 Å². The Balaban J connectivity index is 1.80. The van der Waals surface area contributed by atoms with Crippen molar-refractivity contribution in [1.29, 1.82) is 0 Å². The van der Waals surface area contributed by atoms with Gasteiger partial charge in [-0.1, -0.05) is 39.0 Å². The first-order chi connectivity index (χ1) is 11.4. The first kappa shape index (κ1) is 16.7. The minimum Gasteiger partial charge on any atom is -0.326 e. The van der Waals surface area contributed by atoms with Gasteiger partial charge in [0.2, 0.25) is 5.91 Å². The summed E-state index contributed by atoms with van der Waals surface area (Å²) in [5, 5.41) is 10.7. The van der Waals surface area contributed by atoms with E-state index in [0.29, 0.717) is 6.54 Å². The van der Waals surface area contributed by atoms with Crippen LogP contribution in [0.15, 0.2) is 36.7 Å². The van der Waals surface area contributed by atoms with Crippen molar-refractivity contribution < 1.29 is 4.79 Å². The van der Waals surface area contributed by atoms with Gasteiger partial charge in [-0.2, -0.15) is 5.10 Å². The van der Waals surface area contributed by atoms with Gasteiger partial charge in [-0.15, -0.1) is 0 Å². The van der Waals surface area contributed by atoms with Crippen molar-refractivity contribution in [2.24, 2.45) is 13.0 Å². The first-order valence-electron chi connectivity index (χ1n) is 8.46. The Morgan fingerprint density at radius 2 is 2.04 bits per heavy atom. The zero-order chi connectivity index (χ0) is 17.3. The third kappa shape index (κ3) is 3.36. The second-order valence-electron chi connectivity index (χ2n) is 7.60. The molecule has 1 fully saturated rings. The summed E-state index contributed by atoms with van der Waals surface area (Å²) in [4.78, 5) is 12.9. The Bertz CT molecular complexity index is 729. The minimum absolute atomic E-state index is 0.0133. The van der Waals surface area contributed by atoms with Crippen molar-refractivity contribution in [2.45, 2.75) is 32.1 Å². The van der Waals surface area contributed by atoms with E-state index in [0.717, 1.165) is 23.4 Å². The van der Waals surface area contributed by atoms with E-state index in [9.17, 15) is 4.79 Å². The van der Waals surface area contributed by atoms with E-state index in [2.05, 4.69) is 42.6 Å². The van der Waals surface area contributed by atoms with Gasteiger partial charge in [-0.25, -0.2) is 0 Å². The van der Waals surface area contributed by atoms with Crippen LogP contribution in [0.2, 0.25) is 0 Å². The highest BCUT2D eigenvalue weighted by molar-refractivity contribution is 5.94. The number of hydrogen-bond acceptors (Lipinski definition) is 3. The second kappa shape index (κ2) is 6.40. The summed E-state index contributed by atoms with van der Waals surface area (Å²) < 4.78 is 1.79. The zero-order valence-electron chi connectivity index (χ0n) is 14.8. The zero-order valence-corrected chi connectivity index (χ0v) is 14.8. The standard InChI is InChI=1S/C19H26N4O/c1-19(2,3)16-7-5-6-8-17(16)22-18(24)15-11-20-10-14(15)13-9-21-23(4)12-13/h5-9,12,14-15,20H,10-11H2,1-4H3,(H,22,24)/t14-,15+/m1/s1. The molecule has 0 saturated carbocycles. The number of carbonyl (C=O) groups is 1. The number of nitrogens with one attached hydrogen (secondary N) is 2. The van der Waals surface area contributed by atoms with Crippen LogP contribution in [0.3, 0.4) is 0 Å². The van der Waals surface area contributed by atoms with E-state index in [1.165, 1.54) is 0 Å². The molecule has 5 nitrogen and oxygen atoms in total. The summed E-state index contributed by atoms with van der Waals surface area (Å²) in [5.74, 6) is 0.160. The molecule has 1 aromatic heterocycles. The summed E-state index contributed by atoms with van der Waals surface area (Å²) in [5.41, 5.74) is 3.17. The molecule has 2 heterocycles. The van der Waals surface area contributed by atoms with Crippen molar-refractivity contribution in [1.82, 2.24) is 15.1 Å². The normalized spacial score (nSPS) is 21.0. The average molecular weight is 326 g/mol. The number of carbonyl (C=O) groups excluding carboxylic acids is 1. The van der Waals surface area contributed by atoms with Gasteiger partial charge in [0, 0.05) is 37.9 Å². The monoisotopic (exact) mass is 326 g/mol. The van der Waals surface area contributed by atoms with Gasteiger partial charge < -0.3 is 10.6 Å². The van der Waals surface area contributed by atoms with E-state index >= 15 is 0 Å². The minimum atomic E-state index is -0.0813. The quantitative estimate of drug-likeness (QED) is 0.912. The van der Waals surface area contributed by atoms with Gasteiger partial charge in [-0.05, 0) is 22.6 Å². The molecule has 3 rings (SSSR count). The van der Waals surface area contributed by atoms with Crippen LogP contribution < -0.4 is 10.6 Å². The topological polar surface area (TPSA) is 59.0 Å². The molecule has 0 unspecified atom stereocenters. The molecule has 0 radical (unpaired) electrons. The summed E-state index contributed by atoms with van der Waals surface area (Å²) in [6.07, 6.45) is 3.86. The SMILES string of the molecule is Cn1cc([C@H]2CNC[C@@H]2C(=O)Nc2ccccc2C(C)(C)C)cn1. The van der Waals surface area contributed by atoms with Gasteiger partial charge in [0.25, 0.3) is 0 Å². The molecule has 0 spiro atoms. The molecule has 24 heavy (non-hydrogen) atoms. The van der Waals surface area contributed by atoms with E-state index < -0.39 is 0 Å². The molecule has 2 N–H and O–H groups in total. The molecule has 1 aromatic carbocycles. The lowest BCUT2D eigenvalue weighted by Crippen LogP contribution is -2.29. The summed E-state index contributed by atoms with van der Waals surface area (Å²) >= 11 is 0. The third-order valence-corrected chi connectivity index (χ3v) is 4.70. The van der Waals surface area contributed by atoms with Crippen LogP contribution in [0.1, 0.15) is 37.8 Å². The van der Waals surface area contributed by atoms with Crippen molar-refractivity contribution >= 4 is 11.6 Å². The molecule has 1 aliphatic rings. The molecule has 2 aromatic rings. The molecule has 1 saturated heterocycles. The number of para-hydroxylation sites is 1. The number of nitrogens with zero attached hydrogens (tertiary/aromatic N) is 2. The molecule has 2 atom stereocenters. The van der Waals surface area contributed by atoms with Crippen molar-refractivity contribution in [2.75, 3.05) is 18.4 Å². The predicted molar refractivity (Wildman–Crippen MR) is 96.1 cm³/mol. The summed E-state index contributed by atoms with van der Waals surface area (Å²) in [6, 6.07) is 8.06. The van der Waals surface area contributed by atoms with Gasteiger partial charge in [-0.3, -0.25) is 9.48 Å². The van der Waals surface area contributed by atoms with Crippen LogP contribution in [0, 0.1) is 5.92 Å². The molecule has 1 amide bonds. The Labute approximate surface area is 143 Å². The molecule has 5 heteroatoms. The fourth-order valence-corrected chi connectivity index (χ4v) is 3.41. The summed E-state index contributed by atoms with van der Waals surface area (Å²) in [7, 11) is 1.90. The number of hydrogen-bond donors (Lipinski definition) is 2. The Kier molecular flexibility index (Phi) is 4.45. The van der Waals surface area contributed by atoms with E-state index in [1.807, 2.05) is 37.6 Å². The Morgan fingerprint density at radius 1 is 1.29 bits per heavy atom. The van der Waals surface area contributed by atoms with Crippen LogP contribution >= 0.6 is 0 Å². The number of rotatable bonds is 3. The number of aryl methyl sites for hydroxylation is 1. The first-order valence-corrected chi connectivity index (χ1v) is 8.46. The molecular formula is C19H26N4O. The summed E-state index contributed by atoms with van der Waals surface area (Å²) in [6.45, 7) is 7.99. The van der Waals surface area contributed by atoms with Crippen LogP contribution in [0.4, 0.5) is 5.69 Å². The van der Waals surface area contributed by atoms with Gasteiger partial charge in [0.15, 0.2) is 0 Å². The number of anilines is 1. The number of benzene rings is 1. The van der Waals surface area contributed by atoms with Crippen LogP contribution in [-0.2, 0) is 17.3 Å². The van der Waals surface area contributed by atoms with E-state index in [1.54, 1.807) is 4.68 Å². The lowest BCUT2D eigenvalue weighted by Gasteiger charge is -2.24. The second-order valence-corrected chi connectivity index (χ2v) is 7.60. The molecular weight excluding hydrogens is 300 g/mol. The van der Waals surface area contributed by atoms with Crippen molar-refractivity contribution in [3.8, 4) is 0 Å². The average Bonchev–Trinajstić information content (AvgIpc) is 3.15. The Hall–Kier alpha value is -2.14. The maximum atomic E-state index is 12.9. The highest BCUT2D eigenvalue weighted by atomic mass is 16.2. The van der Waals surface area contributed by atoms with Gasteiger partial charge >= 0.3 is 0 Å². The number of amides is 1. The fraction of sp³-hybridized carbons (Fsp3) is 0.474. The molecule has 128 valence electrons. The fourth-order valence-electron chi connectivity index (χ4n) is 3.41. The van der Waals surface area contributed by atoms with Crippen LogP contribution in [-0.4, -0.2) is 28.8 Å². The van der Waals surface area contributed by atoms with Gasteiger partial charge in [0.1, 0.15) is 0 Å². The Morgan fingerprint density at radius 3 is 2.71 bits per heavy atom. The van der Waals surface area contributed by atoms with E-state index in [4.69, 9.17) is 0 Å². The highest BCUT2D eigenvalue weighted by Gasteiger charge is 2.35. The smallest absolute Gasteiger partial charge is 0.229 e. The lowest BCUT2D eigenvalue weighted by molar-refractivity contribution is -0.119. The highest BCUT2D eigenvalue weighted by Crippen LogP contribution is 2.32. The number of aromatic nitrogens is 2. The van der Waals surface area contributed by atoms with Crippen LogP contribution in [0.5, 0.6) is 0 Å². The van der Waals surface area contributed by atoms with E-state index in [-0.39, 0.29) is 23.2 Å². The van der Waals surface area contributed by atoms with Gasteiger partial charge in [0.05, 0.1) is 12.1 Å². The maximum absolute atomic E-state index is 12.9.